The zero-order valence-corrected chi connectivity index (χ0v) is 7.98. The Bertz CT molecular complexity index is 229. The maximum absolute atomic E-state index is 4.15. The van der Waals surface area contributed by atoms with Crippen molar-refractivity contribution < 1.29 is 0 Å². The van der Waals surface area contributed by atoms with Crippen LogP contribution in [0.2, 0.25) is 0 Å². The van der Waals surface area contributed by atoms with Crippen LogP contribution in [0.1, 0.15) is 25.8 Å². The van der Waals surface area contributed by atoms with E-state index in [9.17, 15) is 0 Å². The first kappa shape index (κ1) is 8.47. The Morgan fingerprint density at radius 1 is 1.45 bits per heavy atom. The van der Waals surface area contributed by atoms with E-state index in [-0.39, 0.29) is 5.41 Å². The number of allylic oxidation sites excluding steroid dienone is 1. The topological polar surface area (TPSA) is 12.9 Å². The van der Waals surface area contributed by atoms with E-state index in [1.807, 2.05) is 11.6 Å². The molecule has 2 heteroatoms. The van der Waals surface area contributed by atoms with E-state index in [4.69, 9.17) is 0 Å². The highest BCUT2D eigenvalue weighted by Gasteiger charge is 2.03. The maximum atomic E-state index is 4.15. The number of hydrogen-bond acceptors (Lipinski definition) is 2. The van der Waals surface area contributed by atoms with Crippen LogP contribution in [0, 0.1) is 5.41 Å². The first-order valence-electron chi connectivity index (χ1n) is 3.67. The standard InChI is InChI=1S/C9H13NS/c1-9(2,3)5-4-8-10-6-7-11-8/h4-7H,1-3H3/b5-4+. The average molecular weight is 167 g/mol. The number of rotatable bonds is 1. The third kappa shape index (κ3) is 3.33. The number of thiazole rings is 1. The lowest BCUT2D eigenvalue weighted by atomic mass is 9.96. The van der Waals surface area contributed by atoms with Gasteiger partial charge in [0.25, 0.3) is 0 Å². The number of aromatic nitrogens is 1. The minimum absolute atomic E-state index is 0.256. The van der Waals surface area contributed by atoms with E-state index in [0.29, 0.717) is 0 Å². The van der Waals surface area contributed by atoms with Crippen molar-refractivity contribution in [1.29, 1.82) is 0 Å². The van der Waals surface area contributed by atoms with Gasteiger partial charge in [-0.15, -0.1) is 11.3 Å². The van der Waals surface area contributed by atoms with Crippen molar-refractivity contribution in [3.8, 4) is 0 Å². The Kier molecular flexibility index (Phi) is 2.45. The number of hydrogen-bond donors (Lipinski definition) is 0. The molecule has 1 rings (SSSR count). The first-order chi connectivity index (χ1) is 5.08. The molecule has 0 aliphatic carbocycles. The summed E-state index contributed by atoms with van der Waals surface area (Å²) in [7, 11) is 0. The minimum atomic E-state index is 0.256. The SMILES string of the molecule is CC(C)(C)/C=C/c1nccs1. The van der Waals surface area contributed by atoms with E-state index in [2.05, 4.69) is 37.9 Å². The van der Waals surface area contributed by atoms with Gasteiger partial charge in [-0.25, -0.2) is 4.98 Å². The summed E-state index contributed by atoms with van der Waals surface area (Å²) < 4.78 is 0. The molecular formula is C9H13NS. The monoisotopic (exact) mass is 167 g/mol. The molecule has 1 heterocycles. The smallest absolute Gasteiger partial charge is 0.115 e. The van der Waals surface area contributed by atoms with Crippen molar-refractivity contribution in [2.24, 2.45) is 5.41 Å². The molecule has 0 atom stereocenters. The molecule has 1 nitrogen and oxygen atoms in total. The van der Waals surface area contributed by atoms with Crippen LogP contribution in [0.5, 0.6) is 0 Å². The lowest BCUT2D eigenvalue weighted by Gasteiger charge is -2.09. The van der Waals surface area contributed by atoms with Crippen LogP contribution < -0.4 is 0 Å². The van der Waals surface area contributed by atoms with Crippen molar-refractivity contribution >= 4 is 17.4 Å². The van der Waals surface area contributed by atoms with Gasteiger partial charge in [0, 0.05) is 11.6 Å². The van der Waals surface area contributed by atoms with E-state index in [1.54, 1.807) is 11.3 Å². The summed E-state index contributed by atoms with van der Waals surface area (Å²) in [6.07, 6.45) is 6.07. The van der Waals surface area contributed by atoms with Gasteiger partial charge >= 0.3 is 0 Å². The van der Waals surface area contributed by atoms with Crippen molar-refractivity contribution in [3.63, 3.8) is 0 Å². The second kappa shape index (κ2) is 3.18. The molecule has 0 saturated heterocycles. The molecule has 0 aliphatic rings. The van der Waals surface area contributed by atoms with Crippen LogP contribution >= 0.6 is 11.3 Å². The highest BCUT2D eigenvalue weighted by Crippen LogP contribution is 2.17. The van der Waals surface area contributed by atoms with Gasteiger partial charge in [-0.05, 0) is 11.5 Å². The maximum Gasteiger partial charge on any atom is 0.115 e. The van der Waals surface area contributed by atoms with E-state index in [1.165, 1.54) is 0 Å². The molecule has 0 aliphatic heterocycles. The fourth-order valence-electron chi connectivity index (χ4n) is 0.638. The minimum Gasteiger partial charge on any atom is -0.245 e. The molecule has 0 bridgehead atoms. The van der Waals surface area contributed by atoms with Crippen LogP contribution in [-0.4, -0.2) is 4.98 Å². The molecule has 60 valence electrons. The molecule has 0 N–H and O–H groups in total. The van der Waals surface area contributed by atoms with Gasteiger partial charge in [-0.1, -0.05) is 26.8 Å². The van der Waals surface area contributed by atoms with Crippen molar-refractivity contribution in [2.75, 3.05) is 0 Å². The molecule has 11 heavy (non-hydrogen) atoms. The normalized spacial score (nSPS) is 12.6. The van der Waals surface area contributed by atoms with Gasteiger partial charge in [-0.2, -0.15) is 0 Å². The average Bonchev–Trinajstić information content (AvgIpc) is 2.32. The molecule has 0 fully saturated rings. The predicted octanol–water partition coefficient (Wildman–Crippen LogP) is 3.20. The summed E-state index contributed by atoms with van der Waals surface area (Å²) in [6, 6.07) is 0. The second-order valence-electron chi connectivity index (χ2n) is 3.57. The van der Waals surface area contributed by atoms with Crippen LogP contribution in [-0.2, 0) is 0 Å². The molecule has 0 radical (unpaired) electrons. The largest absolute Gasteiger partial charge is 0.245 e. The van der Waals surface area contributed by atoms with E-state index >= 15 is 0 Å². The first-order valence-corrected chi connectivity index (χ1v) is 4.55. The molecule has 1 aromatic rings. The number of nitrogens with zero attached hydrogens (tertiary/aromatic N) is 1. The summed E-state index contributed by atoms with van der Waals surface area (Å²) in [5.74, 6) is 0. The third-order valence-corrected chi connectivity index (χ3v) is 1.92. The fraction of sp³-hybridized carbons (Fsp3) is 0.444. The molecule has 0 amide bonds. The summed E-state index contributed by atoms with van der Waals surface area (Å²) >= 11 is 1.67. The Morgan fingerprint density at radius 3 is 2.64 bits per heavy atom. The third-order valence-electron chi connectivity index (χ3n) is 1.18. The second-order valence-corrected chi connectivity index (χ2v) is 4.50. The van der Waals surface area contributed by atoms with Crippen LogP contribution in [0.4, 0.5) is 0 Å². The van der Waals surface area contributed by atoms with Crippen LogP contribution in [0.25, 0.3) is 6.08 Å². The van der Waals surface area contributed by atoms with Gasteiger partial charge in [0.05, 0.1) is 0 Å². The quantitative estimate of drug-likeness (QED) is 0.626. The van der Waals surface area contributed by atoms with Crippen LogP contribution in [0.3, 0.4) is 0 Å². The van der Waals surface area contributed by atoms with Gasteiger partial charge in [-0.3, -0.25) is 0 Å². The highest BCUT2D eigenvalue weighted by molar-refractivity contribution is 7.10. The van der Waals surface area contributed by atoms with Crippen LogP contribution in [0.15, 0.2) is 17.7 Å². The fourth-order valence-corrected chi connectivity index (χ4v) is 1.17. The highest BCUT2D eigenvalue weighted by atomic mass is 32.1. The molecule has 0 saturated carbocycles. The Labute approximate surface area is 71.8 Å². The molecule has 1 aromatic heterocycles. The van der Waals surface area contributed by atoms with Gasteiger partial charge in [0.15, 0.2) is 0 Å². The van der Waals surface area contributed by atoms with Crippen molar-refractivity contribution in [3.05, 3.63) is 22.7 Å². The van der Waals surface area contributed by atoms with Crippen molar-refractivity contribution in [1.82, 2.24) is 4.98 Å². The predicted molar refractivity (Wildman–Crippen MR) is 50.6 cm³/mol. The van der Waals surface area contributed by atoms with E-state index in [0.717, 1.165) is 5.01 Å². The lowest BCUT2D eigenvalue weighted by Crippen LogP contribution is -1.97. The molecule has 0 unspecified atom stereocenters. The summed E-state index contributed by atoms with van der Waals surface area (Å²) in [5.41, 5.74) is 0.256. The summed E-state index contributed by atoms with van der Waals surface area (Å²) in [5, 5.41) is 3.07. The molecule has 0 aromatic carbocycles. The van der Waals surface area contributed by atoms with Gasteiger partial charge in [0.1, 0.15) is 5.01 Å². The molecular weight excluding hydrogens is 154 g/mol. The summed E-state index contributed by atoms with van der Waals surface area (Å²) in [6.45, 7) is 6.53. The van der Waals surface area contributed by atoms with E-state index < -0.39 is 0 Å². The summed E-state index contributed by atoms with van der Waals surface area (Å²) in [4.78, 5) is 4.15. The zero-order valence-electron chi connectivity index (χ0n) is 7.16. The lowest BCUT2D eigenvalue weighted by molar-refractivity contribution is 0.547. The zero-order chi connectivity index (χ0) is 8.32. The van der Waals surface area contributed by atoms with Crippen molar-refractivity contribution in [2.45, 2.75) is 20.8 Å². The Balaban J connectivity index is 2.63. The van der Waals surface area contributed by atoms with Gasteiger partial charge < -0.3 is 0 Å². The Morgan fingerprint density at radius 2 is 2.18 bits per heavy atom. The van der Waals surface area contributed by atoms with Gasteiger partial charge in [0.2, 0.25) is 0 Å². The Hall–Kier alpha value is -0.630. The molecule has 0 spiro atoms.